The molecule has 30 heavy (non-hydrogen) atoms. The molecular weight excluding hydrogens is 483 g/mol. The molecule has 1 aromatic carbocycles. The molecule has 0 bridgehead atoms. The summed E-state index contributed by atoms with van der Waals surface area (Å²) in [5, 5.41) is 3.13. The summed E-state index contributed by atoms with van der Waals surface area (Å²) in [7, 11) is 0. The third-order valence-corrected chi connectivity index (χ3v) is 7.91. The van der Waals surface area contributed by atoms with Crippen LogP contribution < -0.4 is 15.8 Å². The van der Waals surface area contributed by atoms with Crippen molar-refractivity contribution < 1.29 is 22.7 Å². The van der Waals surface area contributed by atoms with Crippen molar-refractivity contribution in [3.63, 3.8) is 0 Å². The molecule has 2 aliphatic heterocycles. The largest absolute Gasteiger partial charge is 0.490 e. The number of ether oxygens (including phenoxy) is 1. The molecule has 1 aliphatic carbocycles. The zero-order valence-electron chi connectivity index (χ0n) is 16.6. The van der Waals surface area contributed by atoms with E-state index >= 15 is 0 Å². The Kier molecular flexibility index (Phi) is 5.32. The number of fused-ring (bicyclic) bond motifs is 4. The second-order valence-corrected chi connectivity index (χ2v) is 10.6. The molecule has 164 valence electrons. The van der Waals surface area contributed by atoms with E-state index in [4.69, 9.17) is 15.5 Å². The number of nitrogens with two attached hydrogens (primary N) is 1. The third-order valence-electron chi connectivity index (χ3n) is 6.45. The van der Waals surface area contributed by atoms with Gasteiger partial charge in [-0.3, -0.25) is 4.79 Å². The van der Waals surface area contributed by atoms with E-state index in [0.29, 0.717) is 30.2 Å². The summed E-state index contributed by atoms with van der Waals surface area (Å²) in [5.41, 5.74) is 3.91. The van der Waals surface area contributed by atoms with E-state index in [2.05, 4.69) is 21.2 Å². The Bertz CT molecular complexity index is 908. The van der Waals surface area contributed by atoms with Gasteiger partial charge in [0.2, 0.25) is 5.91 Å². The van der Waals surface area contributed by atoms with Gasteiger partial charge in [0.1, 0.15) is 22.8 Å². The van der Waals surface area contributed by atoms with Crippen LogP contribution in [0.25, 0.3) is 0 Å². The van der Waals surface area contributed by atoms with Gasteiger partial charge in [-0.15, -0.1) is 0 Å². The van der Waals surface area contributed by atoms with Crippen molar-refractivity contribution in [2.75, 3.05) is 5.75 Å². The van der Waals surface area contributed by atoms with Crippen molar-refractivity contribution >= 4 is 38.8 Å². The Morgan fingerprint density at radius 2 is 2.10 bits per heavy atom. The van der Waals surface area contributed by atoms with E-state index in [1.54, 1.807) is 0 Å². The highest BCUT2D eigenvalue weighted by atomic mass is 79.9. The molecule has 10 heteroatoms. The van der Waals surface area contributed by atoms with Crippen LogP contribution in [0, 0.1) is 11.3 Å². The molecule has 2 heterocycles. The highest BCUT2D eigenvalue weighted by Gasteiger charge is 2.56. The first-order valence-electron chi connectivity index (χ1n) is 9.76. The van der Waals surface area contributed by atoms with Crippen molar-refractivity contribution in [3.05, 3.63) is 28.2 Å². The van der Waals surface area contributed by atoms with E-state index in [1.165, 1.54) is 11.8 Å². The Hall–Kier alpha value is -1.42. The molecule has 0 saturated heterocycles. The fourth-order valence-corrected chi connectivity index (χ4v) is 5.88. The van der Waals surface area contributed by atoms with Crippen LogP contribution in [0.15, 0.2) is 27.7 Å². The third kappa shape index (κ3) is 3.49. The fraction of sp³-hybridized carbons (Fsp3) is 0.600. The van der Waals surface area contributed by atoms with Crippen LogP contribution in [-0.4, -0.2) is 35.1 Å². The van der Waals surface area contributed by atoms with Crippen LogP contribution in [0.5, 0.6) is 5.75 Å². The van der Waals surface area contributed by atoms with Crippen LogP contribution in [-0.2, 0) is 10.3 Å². The zero-order chi connectivity index (χ0) is 21.9. The molecule has 0 radical (unpaired) electrons. The number of alkyl halides is 3. The first-order valence-corrected chi connectivity index (χ1v) is 11.5. The minimum absolute atomic E-state index is 0.0964. The lowest BCUT2D eigenvalue weighted by Gasteiger charge is -2.49. The maximum Gasteiger partial charge on any atom is 0.402 e. The summed E-state index contributed by atoms with van der Waals surface area (Å²) in [4.78, 5) is 17.2. The summed E-state index contributed by atoms with van der Waals surface area (Å²) in [6.07, 6.45) is -3.09. The predicted octanol–water partition coefficient (Wildman–Crippen LogP) is 4.34. The number of amidine groups is 1. The lowest BCUT2D eigenvalue weighted by molar-refractivity contribution is -0.212. The number of halogens is 4. The van der Waals surface area contributed by atoms with E-state index in [9.17, 15) is 18.0 Å². The molecule has 1 saturated carbocycles. The van der Waals surface area contributed by atoms with Gasteiger partial charge in [-0.1, -0.05) is 27.7 Å². The Morgan fingerprint density at radius 3 is 2.73 bits per heavy atom. The minimum Gasteiger partial charge on any atom is -0.490 e. The number of hydrogen-bond acceptors (Lipinski definition) is 5. The quantitative estimate of drug-likeness (QED) is 0.626. The first-order chi connectivity index (χ1) is 13.9. The smallest absolute Gasteiger partial charge is 0.402 e. The Morgan fingerprint density at radius 1 is 1.37 bits per heavy atom. The van der Waals surface area contributed by atoms with Gasteiger partial charge in [-0.05, 0) is 51.3 Å². The number of aliphatic imine (C=N–C) groups is 1. The second kappa shape index (κ2) is 7.32. The van der Waals surface area contributed by atoms with Crippen LogP contribution in [0.3, 0.4) is 0 Å². The highest BCUT2D eigenvalue weighted by Crippen LogP contribution is 2.54. The SMILES string of the molecule is CC(C)(C(=O)N[C@H]1CC[C@@H]2Oc3ccc(Br)cc3C3(CSC(N)=N3)C2C1)C(F)(F)F. The average Bonchev–Trinajstić information content (AvgIpc) is 3.05. The van der Waals surface area contributed by atoms with E-state index in [0.717, 1.165) is 29.6 Å². The maximum absolute atomic E-state index is 13.3. The van der Waals surface area contributed by atoms with Gasteiger partial charge in [0.15, 0.2) is 5.17 Å². The van der Waals surface area contributed by atoms with Crippen molar-refractivity contribution in [2.24, 2.45) is 22.1 Å². The summed E-state index contributed by atoms with van der Waals surface area (Å²) < 4.78 is 47.0. The molecule has 1 aromatic rings. The predicted molar refractivity (Wildman–Crippen MR) is 113 cm³/mol. The summed E-state index contributed by atoms with van der Waals surface area (Å²) in [5.74, 6) is 0.304. The molecule has 3 N–H and O–H groups in total. The molecule has 4 rings (SSSR count). The van der Waals surface area contributed by atoms with Gasteiger partial charge >= 0.3 is 6.18 Å². The molecule has 3 aliphatic rings. The number of thioether (sulfide) groups is 1. The molecule has 1 amide bonds. The molecule has 1 spiro atoms. The monoisotopic (exact) mass is 505 g/mol. The highest BCUT2D eigenvalue weighted by molar-refractivity contribution is 9.10. The number of nitrogens with zero attached hydrogens (tertiary/aromatic N) is 1. The standard InChI is InChI=1S/C20H23BrF3N3O2S/c1-18(2,20(22,23)24)16(28)26-11-4-6-15-13(8-11)19(9-30-17(25)27-19)12-7-10(21)3-5-14(12)29-15/h3,5,7,11,13,15H,4,6,8-9H2,1-2H3,(H2,25,27)(H,26,28)/t11-,13?,15-,19?/m0/s1. The number of carbonyl (C=O) groups excluding carboxylic acids is 1. The number of nitrogens with one attached hydrogen (secondary N) is 1. The maximum atomic E-state index is 13.3. The number of hydrogen-bond donors (Lipinski definition) is 2. The first kappa shape index (κ1) is 21.8. The summed E-state index contributed by atoms with van der Waals surface area (Å²) in [6.45, 7) is 1.82. The molecule has 5 nitrogen and oxygen atoms in total. The average molecular weight is 506 g/mol. The van der Waals surface area contributed by atoms with E-state index in [-0.39, 0.29) is 18.1 Å². The van der Waals surface area contributed by atoms with Crippen LogP contribution >= 0.6 is 27.7 Å². The van der Waals surface area contributed by atoms with Gasteiger partial charge in [0, 0.05) is 27.7 Å². The molecule has 1 fully saturated rings. The van der Waals surface area contributed by atoms with E-state index < -0.39 is 23.0 Å². The van der Waals surface area contributed by atoms with Crippen LogP contribution in [0.4, 0.5) is 13.2 Å². The van der Waals surface area contributed by atoms with Crippen molar-refractivity contribution in [3.8, 4) is 5.75 Å². The zero-order valence-corrected chi connectivity index (χ0v) is 19.0. The van der Waals surface area contributed by atoms with Crippen LogP contribution in [0.2, 0.25) is 0 Å². The van der Waals surface area contributed by atoms with Crippen molar-refractivity contribution in [1.82, 2.24) is 5.32 Å². The lowest BCUT2D eigenvalue weighted by atomic mass is 9.67. The molecular formula is C20H23BrF3N3O2S. The number of rotatable bonds is 2. The van der Waals surface area contributed by atoms with Gasteiger partial charge < -0.3 is 15.8 Å². The number of benzene rings is 1. The Labute approximate surface area is 185 Å². The van der Waals surface area contributed by atoms with Gasteiger partial charge in [-0.2, -0.15) is 13.2 Å². The van der Waals surface area contributed by atoms with Crippen LogP contribution in [0.1, 0.15) is 38.7 Å². The minimum atomic E-state index is -4.62. The van der Waals surface area contributed by atoms with Gasteiger partial charge in [0.05, 0.1) is 0 Å². The molecule has 2 unspecified atom stereocenters. The lowest BCUT2D eigenvalue weighted by Crippen LogP contribution is -2.56. The van der Waals surface area contributed by atoms with E-state index in [1.807, 2.05) is 18.2 Å². The topological polar surface area (TPSA) is 76.7 Å². The van der Waals surface area contributed by atoms with Gasteiger partial charge in [-0.25, -0.2) is 4.99 Å². The Balaban J connectivity index is 1.63. The van der Waals surface area contributed by atoms with Gasteiger partial charge in [0.25, 0.3) is 0 Å². The second-order valence-electron chi connectivity index (χ2n) is 8.67. The fourth-order valence-electron chi connectivity index (χ4n) is 4.49. The van der Waals surface area contributed by atoms with Crippen molar-refractivity contribution in [2.45, 2.75) is 57.0 Å². The number of carbonyl (C=O) groups is 1. The normalized spacial score (nSPS) is 30.9. The summed E-state index contributed by atoms with van der Waals surface area (Å²) >= 11 is 4.97. The van der Waals surface area contributed by atoms with Crippen molar-refractivity contribution in [1.29, 1.82) is 0 Å². The molecule has 4 atom stereocenters. The number of amides is 1. The molecule has 0 aromatic heterocycles. The summed E-state index contributed by atoms with van der Waals surface area (Å²) in [6, 6.07) is 5.42.